The van der Waals surface area contributed by atoms with E-state index in [9.17, 15) is 0 Å². The summed E-state index contributed by atoms with van der Waals surface area (Å²) < 4.78 is 0. The summed E-state index contributed by atoms with van der Waals surface area (Å²) in [6.45, 7) is 3.65. The second-order valence-electron chi connectivity index (χ2n) is 2.28. The average Bonchev–Trinajstić information content (AvgIpc) is 1.93. The number of hydrogen-bond acceptors (Lipinski definition) is 2. The van der Waals surface area contributed by atoms with Gasteiger partial charge in [0.2, 0.25) is 0 Å². The Kier molecular flexibility index (Phi) is 21.3. The molecule has 2 nitrogen and oxygen atoms in total. The number of rotatable bonds is 4. The van der Waals surface area contributed by atoms with Gasteiger partial charge in [0, 0.05) is 0 Å². The van der Waals surface area contributed by atoms with Crippen molar-refractivity contribution in [1.82, 2.24) is 0 Å². The third-order valence-corrected chi connectivity index (χ3v) is 1.12. The fourth-order valence-corrected chi connectivity index (χ4v) is 0.471. The number of hydrogen-bond donors (Lipinski definition) is 2. The Morgan fingerprint density at radius 3 is 1.60 bits per heavy atom. The van der Waals surface area contributed by atoms with Gasteiger partial charge < -0.3 is 11.5 Å². The van der Waals surface area contributed by atoms with Gasteiger partial charge in [-0.25, -0.2) is 0 Å². The summed E-state index contributed by atoms with van der Waals surface area (Å²) in [5, 5.41) is 1.34. The molecule has 0 bridgehead atoms. The van der Waals surface area contributed by atoms with Crippen LogP contribution in [0.1, 0.15) is 26.2 Å². The van der Waals surface area contributed by atoms with Crippen LogP contribution >= 0.6 is 0 Å². The van der Waals surface area contributed by atoms with Gasteiger partial charge in [-0.15, -0.1) is 0 Å². The van der Waals surface area contributed by atoms with Crippen molar-refractivity contribution in [2.24, 2.45) is 11.5 Å². The normalized spacial score (nSPS) is 8.50. The molecule has 0 saturated heterocycles. The van der Waals surface area contributed by atoms with Crippen molar-refractivity contribution < 1.29 is 0 Å². The van der Waals surface area contributed by atoms with Crippen LogP contribution in [-0.4, -0.2) is 30.8 Å². The summed E-state index contributed by atoms with van der Waals surface area (Å²) in [7, 11) is 0. The second kappa shape index (κ2) is 16.3. The summed E-state index contributed by atoms with van der Waals surface area (Å²) in [5.41, 5.74) is 10.1. The van der Waals surface area contributed by atoms with E-state index in [0.717, 1.165) is 19.5 Å². The van der Waals surface area contributed by atoms with Gasteiger partial charge in [0.1, 0.15) is 0 Å². The van der Waals surface area contributed by atoms with Crippen LogP contribution in [0.2, 0.25) is 5.09 Å². The molecular weight excluding hydrogens is 119 g/mol. The third-order valence-electron chi connectivity index (χ3n) is 1.12. The van der Waals surface area contributed by atoms with Crippen molar-refractivity contribution in [3.05, 3.63) is 0 Å². The Hall–Kier alpha value is 0.517. The zero-order valence-corrected chi connectivity index (χ0v) is 7.40. The first-order valence-electron chi connectivity index (χ1n) is 4.23. The molecule has 0 amide bonds. The molecule has 0 atom stereocenters. The molecule has 0 aromatic carbocycles. The Balaban J connectivity index is 0. The Labute approximate surface area is 73.9 Å². The van der Waals surface area contributed by atoms with E-state index in [4.69, 9.17) is 11.5 Å². The average molecular weight is 138 g/mol. The van der Waals surface area contributed by atoms with Crippen LogP contribution in [-0.2, 0) is 0 Å². The first kappa shape index (κ1) is 13.1. The maximum absolute atomic E-state index is 5.06. The van der Waals surface area contributed by atoms with Crippen molar-refractivity contribution in [3.63, 3.8) is 0 Å². The molecule has 10 heavy (non-hydrogen) atoms. The Morgan fingerprint density at radius 2 is 1.60 bits per heavy atom. The fraction of sp³-hybridized carbons (Fsp3) is 1.00. The van der Waals surface area contributed by atoms with E-state index in [2.05, 4.69) is 24.6 Å². The molecule has 0 aliphatic rings. The Morgan fingerprint density at radius 1 is 1.10 bits per heavy atom. The van der Waals surface area contributed by atoms with Gasteiger partial charge in [-0.2, -0.15) is 0 Å². The molecular formula is C7H19LiN2. The predicted molar refractivity (Wildman–Crippen MR) is 48.2 cm³/mol. The molecule has 0 radical (unpaired) electrons. The van der Waals surface area contributed by atoms with E-state index in [1.54, 1.807) is 0 Å². The standard InChI is InChI=1S/C4H9.C3H10N2.Li/c1-3-4-2;4-2-1-3-5;/h1,3-4H2,2H3;1-5H2;. The summed E-state index contributed by atoms with van der Waals surface area (Å²) in [5.74, 6) is 0. The predicted octanol–water partition coefficient (Wildman–Crippen LogP) is 0.667. The molecule has 0 aliphatic heterocycles. The van der Waals surface area contributed by atoms with Crippen molar-refractivity contribution >= 4 is 17.7 Å². The monoisotopic (exact) mass is 138 g/mol. The van der Waals surface area contributed by atoms with Gasteiger partial charge in [-0.3, -0.25) is 0 Å². The van der Waals surface area contributed by atoms with Crippen molar-refractivity contribution in [3.8, 4) is 0 Å². The molecule has 0 aliphatic carbocycles. The van der Waals surface area contributed by atoms with Crippen LogP contribution in [0.25, 0.3) is 0 Å². The molecule has 0 fully saturated rings. The van der Waals surface area contributed by atoms with E-state index >= 15 is 0 Å². The molecule has 58 valence electrons. The summed E-state index contributed by atoms with van der Waals surface area (Å²) in [6, 6.07) is 0. The van der Waals surface area contributed by atoms with Crippen molar-refractivity contribution in [1.29, 1.82) is 0 Å². The van der Waals surface area contributed by atoms with Crippen molar-refractivity contribution in [2.45, 2.75) is 31.3 Å². The van der Waals surface area contributed by atoms with Gasteiger partial charge in [0.15, 0.2) is 0 Å². The summed E-state index contributed by atoms with van der Waals surface area (Å²) in [6.07, 6.45) is 3.68. The molecule has 0 rings (SSSR count). The summed E-state index contributed by atoms with van der Waals surface area (Å²) in [4.78, 5) is 0. The molecule has 0 saturated carbocycles. The fourth-order valence-electron chi connectivity index (χ4n) is 0.471. The van der Waals surface area contributed by atoms with Crippen LogP contribution in [0.15, 0.2) is 0 Å². The molecule has 0 heterocycles. The van der Waals surface area contributed by atoms with Crippen LogP contribution in [0.3, 0.4) is 0 Å². The molecule has 0 aromatic heterocycles. The summed E-state index contributed by atoms with van der Waals surface area (Å²) >= 11 is 2.21. The first-order valence-corrected chi connectivity index (χ1v) is 4.23. The van der Waals surface area contributed by atoms with Crippen LogP contribution in [0, 0.1) is 0 Å². The number of nitrogens with two attached hydrogens (primary N) is 2. The van der Waals surface area contributed by atoms with Crippen LogP contribution in [0.4, 0.5) is 0 Å². The van der Waals surface area contributed by atoms with E-state index in [1.807, 2.05) is 0 Å². The second-order valence-corrected chi connectivity index (χ2v) is 2.28. The topological polar surface area (TPSA) is 52.0 Å². The van der Waals surface area contributed by atoms with Gasteiger partial charge in [0.05, 0.1) is 0 Å². The first-order chi connectivity index (χ1) is 4.83. The van der Waals surface area contributed by atoms with E-state index in [0.29, 0.717) is 0 Å². The minimum atomic E-state index is 0.719. The van der Waals surface area contributed by atoms with E-state index in [-0.39, 0.29) is 0 Å². The molecule has 3 heteroatoms. The molecule has 4 N–H and O–H groups in total. The van der Waals surface area contributed by atoms with Gasteiger partial charge in [0.25, 0.3) is 0 Å². The number of unbranched alkanes of at least 4 members (excludes halogenated alkanes) is 1. The van der Waals surface area contributed by atoms with E-state index < -0.39 is 0 Å². The van der Waals surface area contributed by atoms with Gasteiger partial charge in [-0.05, 0) is 19.5 Å². The molecule has 0 aromatic rings. The van der Waals surface area contributed by atoms with Crippen molar-refractivity contribution in [2.75, 3.05) is 13.1 Å². The van der Waals surface area contributed by atoms with Gasteiger partial charge in [-0.1, -0.05) is 0 Å². The van der Waals surface area contributed by atoms with E-state index in [1.165, 1.54) is 17.9 Å². The Bertz CT molecular complexity index is 32.6. The van der Waals surface area contributed by atoms with Gasteiger partial charge >= 0.3 is 42.6 Å². The van der Waals surface area contributed by atoms with Crippen LogP contribution < -0.4 is 11.5 Å². The quantitative estimate of drug-likeness (QED) is 0.561. The molecule has 0 unspecified atom stereocenters. The zero-order valence-electron chi connectivity index (χ0n) is 7.40. The SMILES string of the molecule is NCCCN.[Li][CH2]CCC. The zero-order chi connectivity index (χ0) is 8.24. The van der Waals surface area contributed by atoms with Crippen LogP contribution in [0.5, 0.6) is 0 Å². The third kappa shape index (κ3) is 23.6. The maximum atomic E-state index is 5.06. The minimum absolute atomic E-state index is 0.719. The molecule has 0 spiro atoms.